The number of carbonyl (C=O) groups excluding carboxylic acids is 1. The largest absolute Gasteiger partial charge is 0.489 e. The molecule has 0 amide bonds. The van der Waals surface area contributed by atoms with E-state index in [9.17, 15) is 9.59 Å². The highest BCUT2D eigenvalue weighted by Crippen LogP contribution is 2.31. The SMILES string of the molecule is CCOC(=O)C1=C(C)N=c2s/c(=C\c3ccc(OCc4ccccc4Cl)cc3)c(=O)n2[C@H]1c1ccc(SC)cc1. The van der Waals surface area contributed by atoms with Crippen molar-refractivity contribution in [1.29, 1.82) is 0 Å². The third kappa shape index (κ3) is 5.80. The molecule has 40 heavy (non-hydrogen) atoms. The number of hydrogen-bond donors (Lipinski definition) is 0. The number of fused-ring (bicyclic) bond motifs is 1. The topological polar surface area (TPSA) is 69.9 Å². The molecule has 204 valence electrons. The van der Waals surface area contributed by atoms with Crippen LogP contribution in [0.4, 0.5) is 0 Å². The number of carbonyl (C=O) groups is 1. The minimum Gasteiger partial charge on any atom is -0.489 e. The minimum absolute atomic E-state index is 0.212. The van der Waals surface area contributed by atoms with Crippen LogP contribution < -0.4 is 19.6 Å². The molecular weight excluding hydrogens is 564 g/mol. The van der Waals surface area contributed by atoms with E-state index in [-0.39, 0.29) is 12.2 Å². The molecule has 5 rings (SSSR count). The maximum absolute atomic E-state index is 13.8. The molecule has 2 heterocycles. The first-order valence-electron chi connectivity index (χ1n) is 12.7. The first-order valence-corrected chi connectivity index (χ1v) is 15.1. The van der Waals surface area contributed by atoms with Gasteiger partial charge in [0.15, 0.2) is 4.80 Å². The molecule has 0 N–H and O–H groups in total. The minimum atomic E-state index is -0.631. The summed E-state index contributed by atoms with van der Waals surface area (Å²) in [6, 6.07) is 22.3. The molecule has 3 aromatic carbocycles. The van der Waals surface area contributed by atoms with Crippen LogP contribution in [0.2, 0.25) is 5.02 Å². The van der Waals surface area contributed by atoms with Crippen molar-refractivity contribution in [2.45, 2.75) is 31.4 Å². The summed E-state index contributed by atoms with van der Waals surface area (Å²) in [7, 11) is 0. The number of halogens is 1. The maximum Gasteiger partial charge on any atom is 0.338 e. The molecule has 0 aliphatic carbocycles. The molecule has 0 radical (unpaired) electrons. The van der Waals surface area contributed by atoms with E-state index >= 15 is 0 Å². The standard InChI is InChI=1S/C31H27ClN2O4S2/c1-4-37-30(36)27-19(2)33-31-34(28(27)21-11-15-24(39-3)16-12-21)29(35)26(40-31)17-20-9-13-23(14-10-20)38-18-22-7-5-6-8-25(22)32/h5-17,28H,4,18H2,1-3H3/b26-17-/t28-/m0/s1. The van der Waals surface area contributed by atoms with Crippen molar-refractivity contribution in [3.8, 4) is 5.75 Å². The van der Waals surface area contributed by atoms with E-state index in [1.54, 1.807) is 30.2 Å². The lowest BCUT2D eigenvalue weighted by Crippen LogP contribution is -2.39. The van der Waals surface area contributed by atoms with Crippen LogP contribution in [0.3, 0.4) is 0 Å². The molecule has 9 heteroatoms. The second-order valence-electron chi connectivity index (χ2n) is 9.02. The van der Waals surface area contributed by atoms with Gasteiger partial charge in [-0.25, -0.2) is 9.79 Å². The van der Waals surface area contributed by atoms with Gasteiger partial charge in [-0.3, -0.25) is 9.36 Å². The van der Waals surface area contributed by atoms with Crippen LogP contribution in [0.15, 0.2) is 98.7 Å². The molecular formula is C31H27ClN2O4S2. The van der Waals surface area contributed by atoms with Gasteiger partial charge < -0.3 is 9.47 Å². The zero-order valence-corrected chi connectivity index (χ0v) is 24.6. The van der Waals surface area contributed by atoms with E-state index in [2.05, 4.69) is 4.99 Å². The van der Waals surface area contributed by atoms with E-state index < -0.39 is 12.0 Å². The quantitative estimate of drug-likeness (QED) is 0.193. The Bertz CT molecular complexity index is 1760. The number of rotatable bonds is 8. The Hall–Kier alpha value is -3.59. The summed E-state index contributed by atoms with van der Waals surface area (Å²) < 4.78 is 13.4. The van der Waals surface area contributed by atoms with Crippen molar-refractivity contribution >= 4 is 46.7 Å². The smallest absolute Gasteiger partial charge is 0.338 e. The molecule has 0 bridgehead atoms. The van der Waals surface area contributed by atoms with E-state index in [1.807, 2.05) is 85.1 Å². The van der Waals surface area contributed by atoms with Crippen molar-refractivity contribution in [2.24, 2.45) is 4.99 Å². The lowest BCUT2D eigenvalue weighted by molar-refractivity contribution is -0.139. The summed E-state index contributed by atoms with van der Waals surface area (Å²) in [5.74, 6) is 0.228. The third-order valence-electron chi connectivity index (χ3n) is 6.48. The molecule has 1 aliphatic heterocycles. The second kappa shape index (κ2) is 12.3. The summed E-state index contributed by atoms with van der Waals surface area (Å²) in [5, 5.41) is 0.661. The van der Waals surface area contributed by atoms with Crippen LogP contribution in [0.1, 0.15) is 36.6 Å². The Morgan fingerprint density at radius 3 is 2.50 bits per heavy atom. The molecule has 0 saturated carbocycles. The zero-order valence-electron chi connectivity index (χ0n) is 22.2. The maximum atomic E-state index is 13.8. The van der Waals surface area contributed by atoms with Crippen molar-refractivity contribution in [3.63, 3.8) is 0 Å². The van der Waals surface area contributed by atoms with Gasteiger partial charge in [0, 0.05) is 15.5 Å². The van der Waals surface area contributed by atoms with Gasteiger partial charge in [0.2, 0.25) is 0 Å². The van der Waals surface area contributed by atoms with Crippen LogP contribution in [0, 0.1) is 0 Å². The summed E-state index contributed by atoms with van der Waals surface area (Å²) in [6.45, 7) is 4.14. The van der Waals surface area contributed by atoms with Crippen molar-refractivity contribution < 1.29 is 14.3 Å². The monoisotopic (exact) mass is 590 g/mol. The lowest BCUT2D eigenvalue weighted by Gasteiger charge is -2.24. The second-order valence-corrected chi connectivity index (χ2v) is 11.3. The van der Waals surface area contributed by atoms with Crippen molar-refractivity contribution in [1.82, 2.24) is 4.57 Å². The average Bonchev–Trinajstić information content (AvgIpc) is 3.26. The number of allylic oxidation sites excluding steroid dienone is 1. The average molecular weight is 591 g/mol. The van der Waals surface area contributed by atoms with Gasteiger partial charge in [-0.1, -0.05) is 65.4 Å². The van der Waals surface area contributed by atoms with Gasteiger partial charge >= 0.3 is 5.97 Å². The predicted molar refractivity (Wildman–Crippen MR) is 161 cm³/mol. The molecule has 0 spiro atoms. The Kier molecular flexibility index (Phi) is 8.59. The van der Waals surface area contributed by atoms with Crippen LogP contribution in [0.25, 0.3) is 6.08 Å². The fourth-order valence-electron chi connectivity index (χ4n) is 4.48. The number of benzene rings is 3. The summed E-state index contributed by atoms with van der Waals surface area (Å²) in [6.07, 6.45) is 3.84. The molecule has 6 nitrogen and oxygen atoms in total. The fourth-order valence-corrected chi connectivity index (χ4v) is 6.13. The van der Waals surface area contributed by atoms with Crippen LogP contribution in [-0.4, -0.2) is 23.4 Å². The number of ether oxygens (including phenoxy) is 2. The zero-order chi connectivity index (χ0) is 28.2. The molecule has 0 fully saturated rings. The number of nitrogens with zero attached hydrogens (tertiary/aromatic N) is 2. The first-order chi connectivity index (χ1) is 19.4. The molecule has 4 aromatic rings. The Balaban J connectivity index is 1.50. The summed E-state index contributed by atoms with van der Waals surface area (Å²) in [4.78, 5) is 33.1. The number of aromatic nitrogens is 1. The van der Waals surface area contributed by atoms with Gasteiger partial charge in [0.05, 0.1) is 28.5 Å². The Morgan fingerprint density at radius 1 is 1.10 bits per heavy atom. The molecule has 1 aliphatic rings. The van der Waals surface area contributed by atoms with E-state index in [0.717, 1.165) is 21.6 Å². The van der Waals surface area contributed by atoms with Gasteiger partial charge in [0.1, 0.15) is 12.4 Å². The van der Waals surface area contributed by atoms with Gasteiger partial charge in [0.25, 0.3) is 5.56 Å². The highest BCUT2D eigenvalue weighted by molar-refractivity contribution is 7.98. The van der Waals surface area contributed by atoms with Gasteiger partial charge in [-0.2, -0.15) is 0 Å². The summed E-state index contributed by atoms with van der Waals surface area (Å²) >= 11 is 9.15. The summed E-state index contributed by atoms with van der Waals surface area (Å²) in [5.41, 5.74) is 3.28. The highest BCUT2D eigenvalue weighted by Gasteiger charge is 2.33. The highest BCUT2D eigenvalue weighted by atomic mass is 35.5. The molecule has 0 unspecified atom stereocenters. The van der Waals surface area contributed by atoms with Crippen molar-refractivity contribution in [2.75, 3.05) is 12.9 Å². The van der Waals surface area contributed by atoms with E-state index in [4.69, 9.17) is 21.1 Å². The van der Waals surface area contributed by atoms with Crippen molar-refractivity contribution in [3.05, 3.63) is 125 Å². The first kappa shape index (κ1) is 28.0. The molecule has 1 atom stereocenters. The fraction of sp³-hybridized carbons (Fsp3) is 0.194. The van der Waals surface area contributed by atoms with E-state index in [0.29, 0.717) is 38.0 Å². The number of esters is 1. The van der Waals surface area contributed by atoms with Crippen LogP contribution >= 0.6 is 34.7 Å². The van der Waals surface area contributed by atoms with Gasteiger partial charge in [-0.05, 0) is 67.6 Å². The van der Waals surface area contributed by atoms with Crippen LogP contribution in [-0.2, 0) is 16.1 Å². The normalized spacial score (nSPS) is 15.0. The number of thioether (sulfide) groups is 1. The van der Waals surface area contributed by atoms with E-state index in [1.165, 1.54) is 11.3 Å². The Labute approximate surface area is 245 Å². The lowest BCUT2D eigenvalue weighted by atomic mass is 9.96. The molecule has 1 aromatic heterocycles. The molecule has 0 saturated heterocycles. The predicted octanol–water partition coefficient (Wildman–Crippen LogP) is 5.75. The van der Waals surface area contributed by atoms with Crippen LogP contribution in [0.5, 0.6) is 5.75 Å². The number of thiazole rings is 1. The number of hydrogen-bond acceptors (Lipinski definition) is 7. The Morgan fingerprint density at radius 2 is 1.82 bits per heavy atom. The third-order valence-corrected chi connectivity index (χ3v) is 8.57. The van der Waals surface area contributed by atoms with Gasteiger partial charge in [-0.15, -0.1) is 11.8 Å².